The van der Waals surface area contributed by atoms with E-state index in [1.807, 2.05) is 12.2 Å². The van der Waals surface area contributed by atoms with E-state index in [4.69, 9.17) is 11.6 Å². The highest BCUT2D eigenvalue weighted by molar-refractivity contribution is 6.31. The molecule has 1 aromatic heterocycles. The molecule has 84 valence electrons. The number of nitro groups is 1. The fraction of sp³-hybridized carbons (Fsp3) is 0.333. The van der Waals surface area contributed by atoms with Crippen LogP contribution in [-0.2, 0) is 0 Å². The highest BCUT2D eigenvalue weighted by Gasteiger charge is 2.23. The van der Waals surface area contributed by atoms with E-state index >= 15 is 0 Å². The maximum Gasteiger partial charge on any atom is 0.348 e. The molecule has 2 rings (SSSR count). The van der Waals surface area contributed by atoms with Crippen molar-refractivity contribution in [1.82, 2.24) is 9.97 Å². The molecule has 0 fully saturated rings. The SMILES string of the molecule is O=[N+]([O-])c1c(Cl)ncnc1NC1CC=CC1. The fourth-order valence-electron chi connectivity index (χ4n) is 1.55. The lowest BCUT2D eigenvalue weighted by molar-refractivity contribution is -0.384. The van der Waals surface area contributed by atoms with Crippen molar-refractivity contribution in [3.8, 4) is 0 Å². The molecule has 0 bridgehead atoms. The monoisotopic (exact) mass is 240 g/mol. The number of nitrogens with zero attached hydrogens (tertiary/aromatic N) is 3. The minimum absolute atomic E-state index is 0.143. The van der Waals surface area contributed by atoms with Crippen LogP contribution in [0.25, 0.3) is 0 Å². The predicted molar refractivity (Wildman–Crippen MR) is 59.5 cm³/mol. The Bertz CT molecular complexity index is 441. The van der Waals surface area contributed by atoms with Gasteiger partial charge in [0.2, 0.25) is 11.0 Å². The summed E-state index contributed by atoms with van der Waals surface area (Å²) in [6, 6.07) is 0.143. The smallest absolute Gasteiger partial charge is 0.348 e. The van der Waals surface area contributed by atoms with E-state index in [0.29, 0.717) is 0 Å². The summed E-state index contributed by atoms with van der Waals surface area (Å²) < 4.78 is 0. The van der Waals surface area contributed by atoms with Gasteiger partial charge in [-0.3, -0.25) is 10.1 Å². The van der Waals surface area contributed by atoms with Crippen molar-refractivity contribution in [2.45, 2.75) is 18.9 Å². The molecule has 1 aliphatic rings. The number of nitrogens with one attached hydrogen (secondary N) is 1. The molecule has 1 aliphatic carbocycles. The zero-order valence-electron chi connectivity index (χ0n) is 8.26. The van der Waals surface area contributed by atoms with Crippen LogP contribution in [0, 0.1) is 10.1 Å². The number of halogens is 1. The van der Waals surface area contributed by atoms with Gasteiger partial charge in [-0.1, -0.05) is 23.8 Å². The van der Waals surface area contributed by atoms with Gasteiger partial charge in [0.15, 0.2) is 0 Å². The zero-order chi connectivity index (χ0) is 11.5. The number of anilines is 1. The first-order valence-electron chi connectivity index (χ1n) is 4.75. The molecular weight excluding hydrogens is 232 g/mol. The average molecular weight is 241 g/mol. The highest BCUT2D eigenvalue weighted by atomic mass is 35.5. The van der Waals surface area contributed by atoms with Crippen LogP contribution in [0.15, 0.2) is 18.5 Å². The highest BCUT2D eigenvalue weighted by Crippen LogP contribution is 2.29. The summed E-state index contributed by atoms with van der Waals surface area (Å²) >= 11 is 5.66. The van der Waals surface area contributed by atoms with E-state index in [2.05, 4.69) is 15.3 Å². The van der Waals surface area contributed by atoms with Crippen LogP contribution < -0.4 is 5.32 Å². The third-order valence-electron chi connectivity index (χ3n) is 2.31. The van der Waals surface area contributed by atoms with E-state index in [1.165, 1.54) is 6.33 Å². The number of hydrogen-bond acceptors (Lipinski definition) is 5. The molecule has 1 N–H and O–H groups in total. The molecule has 7 heteroatoms. The first-order valence-corrected chi connectivity index (χ1v) is 5.12. The van der Waals surface area contributed by atoms with Crippen LogP contribution in [0.5, 0.6) is 0 Å². The normalized spacial score (nSPS) is 15.3. The van der Waals surface area contributed by atoms with E-state index in [1.54, 1.807) is 0 Å². The molecule has 0 radical (unpaired) electrons. The van der Waals surface area contributed by atoms with Gasteiger partial charge in [-0.2, -0.15) is 0 Å². The summed E-state index contributed by atoms with van der Waals surface area (Å²) in [7, 11) is 0. The van der Waals surface area contributed by atoms with Crippen molar-refractivity contribution in [2.75, 3.05) is 5.32 Å². The number of rotatable bonds is 3. The molecule has 0 saturated carbocycles. The second-order valence-corrected chi connectivity index (χ2v) is 3.76. The van der Waals surface area contributed by atoms with Gasteiger partial charge in [0, 0.05) is 6.04 Å². The van der Waals surface area contributed by atoms with Crippen LogP contribution in [-0.4, -0.2) is 20.9 Å². The number of hydrogen-bond donors (Lipinski definition) is 1. The summed E-state index contributed by atoms with van der Waals surface area (Å²) in [5.41, 5.74) is -0.268. The maximum absolute atomic E-state index is 10.8. The predicted octanol–water partition coefficient (Wildman–Crippen LogP) is 2.17. The Morgan fingerprint density at radius 2 is 2.12 bits per heavy atom. The fourth-order valence-corrected chi connectivity index (χ4v) is 1.76. The molecule has 1 aromatic rings. The second kappa shape index (κ2) is 4.44. The van der Waals surface area contributed by atoms with E-state index < -0.39 is 4.92 Å². The summed E-state index contributed by atoms with van der Waals surface area (Å²) in [6.07, 6.45) is 6.91. The topological polar surface area (TPSA) is 81.0 Å². The first kappa shape index (κ1) is 10.8. The zero-order valence-corrected chi connectivity index (χ0v) is 9.02. The third kappa shape index (κ3) is 2.11. The Kier molecular flexibility index (Phi) is 3.00. The molecule has 1 heterocycles. The third-order valence-corrected chi connectivity index (χ3v) is 2.59. The maximum atomic E-state index is 10.8. The lowest BCUT2D eigenvalue weighted by Crippen LogP contribution is -2.17. The molecule has 0 amide bonds. The summed E-state index contributed by atoms with van der Waals surface area (Å²) in [5.74, 6) is 0.179. The van der Waals surface area contributed by atoms with Gasteiger partial charge >= 0.3 is 5.69 Å². The molecule has 0 spiro atoms. The lowest BCUT2D eigenvalue weighted by Gasteiger charge is -2.12. The van der Waals surface area contributed by atoms with Crippen LogP contribution in [0.1, 0.15) is 12.8 Å². The van der Waals surface area contributed by atoms with Crippen molar-refractivity contribution >= 4 is 23.1 Å². The molecule has 0 saturated heterocycles. The molecular formula is C9H9ClN4O2. The molecule has 0 unspecified atom stereocenters. The largest absolute Gasteiger partial charge is 0.361 e. The second-order valence-electron chi connectivity index (χ2n) is 3.40. The number of aromatic nitrogens is 2. The molecule has 0 atom stereocenters. The molecule has 0 aliphatic heterocycles. The van der Waals surface area contributed by atoms with Gasteiger partial charge in [-0.25, -0.2) is 9.97 Å². The summed E-state index contributed by atoms with van der Waals surface area (Å²) in [4.78, 5) is 17.7. The van der Waals surface area contributed by atoms with Crippen molar-refractivity contribution < 1.29 is 4.92 Å². The van der Waals surface area contributed by atoms with Gasteiger partial charge in [-0.15, -0.1) is 0 Å². The van der Waals surface area contributed by atoms with Gasteiger partial charge in [-0.05, 0) is 12.8 Å². The Morgan fingerprint density at radius 1 is 1.44 bits per heavy atom. The minimum atomic E-state index is -0.576. The Labute approximate surface area is 96.5 Å². The van der Waals surface area contributed by atoms with Crippen LogP contribution in [0.2, 0.25) is 5.15 Å². The average Bonchev–Trinajstić information content (AvgIpc) is 2.70. The van der Waals surface area contributed by atoms with Crippen molar-refractivity contribution in [1.29, 1.82) is 0 Å². The van der Waals surface area contributed by atoms with E-state index in [-0.39, 0.29) is 22.7 Å². The van der Waals surface area contributed by atoms with Crippen LogP contribution in [0.3, 0.4) is 0 Å². The van der Waals surface area contributed by atoms with Crippen LogP contribution in [0.4, 0.5) is 11.5 Å². The Morgan fingerprint density at radius 3 is 2.75 bits per heavy atom. The van der Waals surface area contributed by atoms with Gasteiger partial charge in [0.1, 0.15) is 6.33 Å². The molecule has 6 nitrogen and oxygen atoms in total. The minimum Gasteiger partial charge on any atom is -0.361 e. The summed E-state index contributed by atoms with van der Waals surface area (Å²) in [6.45, 7) is 0. The standard InChI is InChI=1S/C9H9ClN4O2/c10-8-7(14(15)16)9(12-5-11-8)13-6-3-1-2-4-6/h1-2,5-6H,3-4H2,(H,11,12,13). The van der Waals surface area contributed by atoms with E-state index in [9.17, 15) is 10.1 Å². The summed E-state index contributed by atoms with van der Waals surface area (Å²) in [5, 5.41) is 13.6. The lowest BCUT2D eigenvalue weighted by atomic mass is 10.2. The Hall–Kier alpha value is -1.69. The quantitative estimate of drug-likeness (QED) is 0.379. The van der Waals surface area contributed by atoms with E-state index in [0.717, 1.165) is 12.8 Å². The molecule has 0 aromatic carbocycles. The van der Waals surface area contributed by atoms with Crippen molar-refractivity contribution in [3.05, 3.63) is 33.7 Å². The van der Waals surface area contributed by atoms with Crippen molar-refractivity contribution in [3.63, 3.8) is 0 Å². The van der Waals surface area contributed by atoms with Gasteiger partial charge in [0.05, 0.1) is 4.92 Å². The van der Waals surface area contributed by atoms with Crippen molar-refractivity contribution in [2.24, 2.45) is 0 Å². The molecule has 16 heavy (non-hydrogen) atoms. The van der Waals surface area contributed by atoms with Gasteiger partial charge in [0.25, 0.3) is 0 Å². The first-order chi connectivity index (χ1) is 7.68. The van der Waals surface area contributed by atoms with Crippen LogP contribution >= 0.6 is 11.6 Å². The van der Waals surface area contributed by atoms with Gasteiger partial charge < -0.3 is 5.32 Å². The Balaban J connectivity index is 2.25.